The third-order valence-corrected chi connectivity index (χ3v) is 5.43. The van der Waals surface area contributed by atoms with Gasteiger partial charge in [0.2, 0.25) is 5.91 Å². The number of carbonyl (C=O) groups is 1. The largest absolute Gasteiger partial charge is 0.492 e. The maximum atomic E-state index is 12.2. The van der Waals surface area contributed by atoms with E-state index in [0.29, 0.717) is 32.0 Å². The molecule has 0 atom stereocenters. The molecule has 0 saturated heterocycles. The minimum Gasteiger partial charge on any atom is -0.492 e. The first kappa shape index (κ1) is 22.9. The van der Waals surface area contributed by atoms with E-state index in [2.05, 4.69) is 47.2 Å². The smallest absolute Gasteiger partial charge is 0.224 e. The minimum absolute atomic E-state index is 0.0317. The van der Waals surface area contributed by atoms with Gasteiger partial charge in [-0.25, -0.2) is 0 Å². The van der Waals surface area contributed by atoms with E-state index in [9.17, 15) is 4.79 Å². The number of nitrogens with one attached hydrogen (secondary N) is 1. The summed E-state index contributed by atoms with van der Waals surface area (Å²) in [6.07, 6.45) is 1.04. The van der Waals surface area contributed by atoms with Gasteiger partial charge in [-0.2, -0.15) is 0 Å². The Kier molecular flexibility index (Phi) is 8.53. The van der Waals surface area contributed by atoms with Crippen LogP contribution in [0.2, 0.25) is 0 Å². The standard InChI is InChI=1S/C26H28BrNO3/c1-19(2)21-10-15-25(24(27)17-21)30-16-6-9-26(29)28-22-11-13-23(14-12-22)31-18-20-7-4-3-5-8-20/h3-5,7-8,10-15,17,19H,6,9,16,18H2,1-2H3,(H,28,29). The molecule has 0 fully saturated rings. The van der Waals surface area contributed by atoms with E-state index in [0.717, 1.165) is 27.2 Å². The predicted octanol–water partition coefficient (Wildman–Crippen LogP) is 6.95. The molecule has 1 N–H and O–H groups in total. The highest BCUT2D eigenvalue weighted by Gasteiger charge is 2.07. The second-order valence-corrected chi connectivity index (χ2v) is 8.50. The number of carbonyl (C=O) groups excluding carboxylic acids is 1. The molecule has 0 saturated carbocycles. The van der Waals surface area contributed by atoms with Gasteiger partial charge >= 0.3 is 0 Å². The van der Waals surface area contributed by atoms with Crippen LogP contribution in [0.25, 0.3) is 0 Å². The van der Waals surface area contributed by atoms with Crippen molar-refractivity contribution >= 4 is 27.5 Å². The number of benzene rings is 3. The molecule has 0 bridgehead atoms. The Morgan fingerprint density at radius 3 is 2.39 bits per heavy atom. The molecule has 0 radical (unpaired) electrons. The van der Waals surface area contributed by atoms with E-state index in [1.807, 2.05) is 60.7 Å². The first-order chi connectivity index (χ1) is 15.0. The Balaban J connectivity index is 1.37. The van der Waals surface area contributed by atoms with Crippen LogP contribution in [-0.2, 0) is 11.4 Å². The Hall–Kier alpha value is -2.79. The molecular weight excluding hydrogens is 454 g/mol. The summed E-state index contributed by atoms with van der Waals surface area (Å²) in [6.45, 7) is 5.32. The quantitative estimate of drug-likeness (QED) is 0.318. The van der Waals surface area contributed by atoms with Crippen LogP contribution in [-0.4, -0.2) is 12.5 Å². The number of halogens is 1. The van der Waals surface area contributed by atoms with E-state index in [1.54, 1.807) is 0 Å². The number of hydrogen-bond donors (Lipinski definition) is 1. The molecule has 0 aliphatic heterocycles. The summed E-state index contributed by atoms with van der Waals surface area (Å²) >= 11 is 3.56. The Morgan fingerprint density at radius 2 is 1.71 bits per heavy atom. The van der Waals surface area contributed by atoms with Crippen molar-refractivity contribution in [3.8, 4) is 11.5 Å². The van der Waals surface area contributed by atoms with E-state index in [4.69, 9.17) is 9.47 Å². The van der Waals surface area contributed by atoms with Gasteiger partial charge in [-0.05, 0) is 75.8 Å². The Bertz CT molecular complexity index is 972. The fourth-order valence-corrected chi connectivity index (χ4v) is 3.52. The summed E-state index contributed by atoms with van der Waals surface area (Å²) in [5, 5.41) is 2.91. The second-order valence-electron chi connectivity index (χ2n) is 7.64. The van der Waals surface area contributed by atoms with E-state index in [-0.39, 0.29) is 5.91 Å². The van der Waals surface area contributed by atoms with Crippen LogP contribution in [0.4, 0.5) is 5.69 Å². The SMILES string of the molecule is CC(C)c1ccc(OCCCC(=O)Nc2ccc(OCc3ccccc3)cc2)c(Br)c1. The minimum atomic E-state index is -0.0317. The van der Waals surface area contributed by atoms with E-state index >= 15 is 0 Å². The second kappa shape index (κ2) is 11.6. The Labute approximate surface area is 192 Å². The van der Waals surface area contributed by atoms with Gasteiger partial charge in [0, 0.05) is 12.1 Å². The van der Waals surface area contributed by atoms with Crippen molar-refractivity contribution in [1.29, 1.82) is 0 Å². The first-order valence-electron chi connectivity index (χ1n) is 10.5. The maximum Gasteiger partial charge on any atom is 0.224 e. The van der Waals surface area contributed by atoms with Crippen molar-refractivity contribution in [3.63, 3.8) is 0 Å². The third-order valence-electron chi connectivity index (χ3n) is 4.81. The summed E-state index contributed by atoms with van der Waals surface area (Å²) in [6, 6.07) is 23.6. The molecular formula is C26H28BrNO3. The van der Waals surface area contributed by atoms with Crippen LogP contribution < -0.4 is 14.8 Å². The Morgan fingerprint density at radius 1 is 0.968 bits per heavy atom. The molecule has 0 aliphatic rings. The van der Waals surface area contributed by atoms with Crippen molar-refractivity contribution in [2.45, 2.75) is 39.2 Å². The zero-order valence-electron chi connectivity index (χ0n) is 17.9. The molecule has 3 aromatic rings. The fraction of sp³-hybridized carbons (Fsp3) is 0.269. The monoisotopic (exact) mass is 481 g/mol. The van der Waals surface area contributed by atoms with Crippen molar-refractivity contribution in [1.82, 2.24) is 0 Å². The van der Waals surface area contributed by atoms with Crippen LogP contribution in [0, 0.1) is 0 Å². The van der Waals surface area contributed by atoms with Crippen LogP contribution in [0.5, 0.6) is 11.5 Å². The lowest BCUT2D eigenvalue weighted by atomic mass is 10.0. The van der Waals surface area contributed by atoms with Gasteiger partial charge in [-0.3, -0.25) is 4.79 Å². The fourth-order valence-electron chi connectivity index (χ4n) is 3.01. The van der Waals surface area contributed by atoms with Gasteiger partial charge in [0.1, 0.15) is 18.1 Å². The summed E-state index contributed by atoms with van der Waals surface area (Å²) in [4.78, 5) is 12.2. The number of amides is 1. The van der Waals surface area contributed by atoms with Gasteiger partial charge in [-0.1, -0.05) is 50.2 Å². The third kappa shape index (κ3) is 7.44. The highest BCUT2D eigenvalue weighted by Crippen LogP contribution is 2.29. The lowest BCUT2D eigenvalue weighted by molar-refractivity contribution is -0.116. The molecule has 0 spiro atoms. The molecule has 5 heteroatoms. The van der Waals surface area contributed by atoms with Crippen LogP contribution >= 0.6 is 15.9 Å². The first-order valence-corrected chi connectivity index (χ1v) is 11.3. The summed E-state index contributed by atoms with van der Waals surface area (Å²) in [7, 11) is 0. The molecule has 3 aromatic carbocycles. The number of rotatable bonds is 10. The lowest BCUT2D eigenvalue weighted by Gasteiger charge is -2.11. The van der Waals surface area contributed by atoms with Crippen LogP contribution in [0.3, 0.4) is 0 Å². The molecule has 0 unspecified atom stereocenters. The molecule has 4 nitrogen and oxygen atoms in total. The molecule has 3 rings (SSSR count). The van der Waals surface area contributed by atoms with Crippen molar-refractivity contribution in [2.24, 2.45) is 0 Å². The topological polar surface area (TPSA) is 47.6 Å². The highest BCUT2D eigenvalue weighted by molar-refractivity contribution is 9.10. The molecule has 162 valence electrons. The maximum absolute atomic E-state index is 12.2. The van der Waals surface area contributed by atoms with Gasteiger partial charge < -0.3 is 14.8 Å². The summed E-state index contributed by atoms with van der Waals surface area (Å²) in [5.41, 5.74) is 3.13. The highest BCUT2D eigenvalue weighted by atomic mass is 79.9. The average Bonchev–Trinajstić information content (AvgIpc) is 2.77. The zero-order chi connectivity index (χ0) is 22.1. The molecule has 0 aliphatic carbocycles. The molecule has 0 heterocycles. The van der Waals surface area contributed by atoms with Crippen molar-refractivity contribution in [3.05, 3.63) is 88.4 Å². The van der Waals surface area contributed by atoms with Gasteiger partial charge in [0.25, 0.3) is 0 Å². The number of hydrogen-bond acceptors (Lipinski definition) is 3. The molecule has 0 aromatic heterocycles. The normalized spacial score (nSPS) is 10.7. The van der Waals surface area contributed by atoms with Crippen LogP contribution in [0.1, 0.15) is 43.7 Å². The summed E-state index contributed by atoms with van der Waals surface area (Å²) in [5.74, 6) is 2.01. The van der Waals surface area contributed by atoms with Crippen molar-refractivity contribution in [2.75, 3.05) is 11.9 Å². The summed E-state index contributed by atoms with van der Waals surface area (Å²) < 4.78 is 12.5. The van der Waals surface area contributed by atoms with E-state index < -0.39 is 0 Å². The number of anilines is 1. The zero-order valence-corrected chi connectivity index (χ0v) is 19.5. The number of ether oxygens (including phenoxy) is 2. The van der Waals surface area contributed by atoms with Gasteiger partial charge in [0.05, 0.1) is 11.1 Å². The molecule has 31 heavy (non-hydrogen) atoms. The van der Waals surface area contributed by atoms with Crippen LogP contribution in [0.15, 0.2) is 77.3 Å². The molecule has 1 amide bonds. The predicted molar refractivity (Wildman–Crippen MR) is 129 cm³/mol. The van der Waals surface area contributed by atoms with Gasteiger partial charge in [-0.15, -0.1) is 0 Å². The van der Waals surface area contributed by atoms with Crippen molar-refractivity contribution < 1.29 is 14.3 Å². The average molecular weight is 482 g/mol. The lowest BCUT2D eigenvalue weighted by Crippen LogP contribution is -2.12. The van der Waals surface area contributed by atoms with E-state index in [1.165, 1.54) is 5.56 Å². The van der Waals surface area contributed by atoms with Gasteiger partial charge in [0.15, 0.2) is 0 Å².